The lowest BCUT2D eigenvalue weighted by Gasteiger charge is -2.33. The number of aliphatic carboxylic acids is 1. The summed E-state index contributed by atoms with van der Waals surface area (Å²) < 4.78 is 0.948. The minimum Gasteiger partial charge on any atom is -0.481 e. The predicted octanol–water partition coefficient (Wildman–Crippen LogP) is 2.82. The molecule has 20 heavy (non-hydrogen) atoms. The maximum atomic E-state index is 12.4. The SMILES string of the molecule is CC(C(=O)c1ccc(Br)cc1)N1CCC(C(=O)O)CC1. The first kappa shape index (κ1) is 15.2. The number of ketones is 1. The van der Waals surface area contributed by atoms with E-state index in [-0.39, 0.29) is 17.7 Å². The van der Waals surface area contributed by atoms with E-state index in [4.69, 9.17) is 5.11 Å². The van der Waals surface area contributed by atoms with Gasteiger partial charge in [0.15, 0.2) is 5.78 Å². The van der Waals surface area contributed by atoms with Crippen molar-refractivity contribution in [1.82, 2.24) is 4.90 Å². The second-order valence-corrected chi connectivity index (χ2v) is 6.11. The molecular weight excluding hydrogens is 322 g/mol. The number of carbonyl (C=O) groups is 2. The number of carbonyl (C=O) groups excluding carboxylic acids is 1. The van der Waals surface area contributed by atoms with Crippen LogP contribution >= 0.6 is 15.9 Å². The lowest BCUT2D eigenvalue weighted by Crippen LogP contribution is -2.45. The highest BCUT2D eigenvalue weighted by Crippen LogP contribution is 2.21. The highest BCUT2D eigenvalue weighted by atomic mass is 79.9. The summed E-state index contributed by atoms with van der Waals surface area (Å²) in [6, 6.07) is 7.14. The van der Waals surface area contributed by atoms with Crippen LogP contribution in [0, 0.1) is 5.92 Å². The van der Waals surface area contributed by atoms with Gasteiger partial charge in [-0.25, -0.2) is 0 Å². The fraction of sp³-hybridized carbons (Fsp3) is 0.467. The van der Waals surface area contributed by atoms with Crippen molar-refractivity contribution in [3.8, 4) is 0 Å². The number of likely N-dealkylation sites (tertiary alicyclic amines) is 1. The minimum absolute atomic E-state index is 0.0891. The van der Waals surface area contributed by atoms with Gasteiger partial charge in [-0.05, 0) is 45.0 Å². The molecule has 1 N–H and O–H groups in total. The monoisotopic (exact) mass is 339 g/mol. The fourth-order valence-electron chi connectivity index (χ4n) is 2.55. The van der Waals surface area contributed by atoms with Crippen LogP contribution in [-0.2, 0) is 4.79 Å². The second kappa shape index (κ2) is 6.50. The quantitative estimate of drug-likeness (QED) is 0.857. The highest BCUT2D eigenvalue weighted by molar-refractivity contribution is 9.10. The Morgan fingerprint density at radius 1 is 1.25 bits per heavy atom. The maximum Gasteiger partial charge on any atom is 0.306 e. The number of Topliss-reactive ketones (excluding diaryl/α,β-unsaturated/α-hetero) is 1. The molecule has 0 aromatic heterocycles. The number of carboxylic acid groups (broad SMARTS) is 1. The van der Waals surface area contributed by atoms with Crippen molar-refractivity contribution < 1.29 is 14.7 Å². The molecule has 5 heteroatoms. The van der Waals surface area contributed by atoms with Crippen LogP contribution in [0.5, 0.6) is 0 Å². The first-order valence-corrected chi connectivity index (χ1v) is 7.55. The van der Waals surface area contributed by atoms with Gasteiger partial charge < -0.3 is 5.11 Å². The standard InChI is InChI=1S/C15H18BrNO3/c1-10(14(18)11-2-4-13(16)5-3-11)17-8-6-12(7-9-17)15(19)20/h2-5,10,12H,6-9H2,1H3,(H,19,20). The van der Waals surface area contributed by atoms with Gasteiger partial charge >= 0.3 is 5.97 Å². The summed E-state index contributed by atoms with van der Waals surface area (Å²) in [5.41, 5.74) is 0.695. The van der Waals surface area contributed by atoms with Crippen molar-refractivity contribution in [3.63, 3.8) is 0 Å². The van der Waals surface area contributed by atoms with Crippen molar-refractivity contribution in [2.45, 2.75) is 25.8 Å². The van der Waals surface area contributed by atoms with Gasteiger partial charge in [0, 0.05) is 10.0 Å². The van der Waals surface area contributed by atoms with Crippen molar-refractivity contribution in [2.24, 2.45) is 5.92 Å². The topological polar surface area (TPSA) is 57.6 Å². The van der Waals surface area contributed by atoms with Crippen LogP contribution in [0.3, 0.4) is 0 Å². The normalized spacial score (nSPS) is 18.7. The summed E-state index contributed by atoms with van der Waals surface area (Å²) in [6.07, 6.45) is 1.24. The van der Waals surface area contributed by atoms with Gasteiger partial charge in [-0.3, -0.25) is 14.5 Å². The smallest absolute Gasteiger partial charge is 0.306 e. The number of hydrogen-bond acceptors (Lipinski definition) is 3. The summed E-state index contributed by atoms with van der Waals surface area (Å²) in [4.78, 5) is 25.4. The second-order valence-electron chi connectivity index (χ2n) is 5.20. The first-order chi connectivity index (χ1) is 9.49. The number of piperidine rings is 1. The molecule has 108 valence electrons. The molecule has 1 unspecified atom stereocenters. The van der Waals surface area contributed by atoms with E-state index in [1.807, 2.05) is 31.2 Å². The van der Waals surface area contributed by atoms with E-state index in [2.05, 4.69) is 20.8 Å². The average molecular weight is 340 g/mol. The molecule has 2 rings (SSSR count). The zero-order chi connectivity index (χ0) is 14.7. The van der Waals surface area contributed by atoms with Crippen LogP contribution in [0.2, 0.25) is 0 Å². The molecule has 4 nitrogen and oxygen atoms in total. The van der Waals surface area contributed by atoms with Gasteiger partial charge in [0.1, 0.15) is 0 Å². The van der Waals surface area contributed by atoms with E-state index in [0.717, 1.165) is 4.47 Å². The van der Waals surface area contributed by atoms with Gasteiger partial charge in [-0.2, -0.15) is 0 Å². The summed E-state index contributed by atoms with van der Waals surface area (Å²) in [5, 5.41) is 8.99. The van der Waals surface area contributed by atoms with Crippen LogP contribution in [-0.4, -0.2) is 40.9 Å². The molecule has 1 fully saturated rings. The van der Waals surface area contributed by atoms with E-state index < -0.39 is 5.97 Å². The number of nitrogens with zero attached hydrogens (tertiary/aromatic N) is 1. The van der Waals surface area contributed by atoms with E-state index in [1.54, 1.807) is 0 Å². The van der Waals surface area contributed by atoms with Gasteiger partial charge in [0.25, 0.3) is 0 Å². The Morgan fingerprint density at radius 3 is 2.30 bits per heavy atom. The number of halogens is 1. The van der Waals surface area contributed by atoms with Crippen molar-refractivity contribution in [2.75, 3.05) is 13.1 Å². The predicted molar refractivity (Wildman–Crippen MR) is 79.9 cm³/mol. The Morgan fingerprint density at radius 2 is 1.80 bits per heavy atom. The zero-order valence-electron chi connectivity index (χ0n) is 11.4. The Balaban J connectivity index is 1.98. The summed E-state index contributed by atoms with van der Waals surface area (Å²) in [7, 11) is 0. The first-order valence-electron chi connectivity index (χ1n) is 6.75. The third-order valence-corrected chi connectivity index (χ3v) is 4.46. The Bertz CT molecular complexity index is 492. The molecule has 0 saturated carbocycles. The molecule has 1 aliphatic rings. The van der Waals surface area contributed by atoms with E-state index in [0.29, 0.717) is 31.5 Å². The third-order valence-electron chi connectivity index (χ3n) is 3.93. The highest BCUT2D eigenvalue weighted by Gasteiger charge is 2.29. The molecule has 1 aliphatic heterocycles. The Kier molecular flexibility index (Phi) is 4.94. The lowest BCUT2D eigenvalue weighted by molar-refractivity contribution is -0.143. The van der Waals surface area contributed by atoms with E-state index in [1.165, 1.54) is 0 Å². The molecule has 0 bridgehead atoms. The largest absolute Gasteiger partial charge is 0.481 e. The van der Waals surface area contributed by atoms with Crippen molar-refractivity contribution in [3.05, 3.63) is 34.3 Å². The third kappa shape index (κ3) is 3.46. The molecule has 0 amide bonds. The molecule has 0 spiro atoms. The van der Waals surface area contributed by atoms with Crippen molar-refractivity contribution in [1.29, 1.82) is 0 Å². The van der Waals surface area contributed by atoms with Crippen LogP contribution in [0.15, 0.2) is 28.7 Å². The van der Waals surface area contributed by atoms with Gasteiger partial charge in [0.05, 0.1) is 12.0 Å². The Labute approximate surface area is 126 Å². The number of rotatable bonds is 4. The molecule has 0 radical (unpaired) electrons. The van der Waals surface area contributed by atoms with Gasteiger partial charge in [-0.1, -0.05) is 28.1 Å². The lowest BCUT2D eigenvalue weighted by atomic mass is 9.94. The summed E-state index contributed by atoms with van der Waals surface area (Å²) in [6.45, 7) is 3.23. The van der Waals surface area contributed by atoms with Gasteiger partial charge in [-0.15, -0.1) is 0 Å². The fourth-order valence-corrected chi connectivity index (χ4v) is 2.82. The minimum atomic E-state index is -0.725. The van der Waals surface area contributed by atoms with E-state index >= 15 is 0 Å². The van der Waals surface area contributed by atoms with Crippen LogP contribution in [0.25, 0.3) is 0 Å². The maximum absolute atomic E-state index is 12.4. The number of benzene rings is 1. The number of carboxylic acids is 1. The van der Waals surface area contributed by atoms with Crippen molar-refractivity contribution >= 4 is 27.7 Å². The molecule has 0 aliphatic carbocycles. The molecular formula is C15H18BrNO3. The van der Waals surface area contributed by atoms with Crippen LogP contribution < -0.4 is 0 Å². The van der Waals surface area contributed by atoms with Gasteiger partial charge in [0.2, 0.25) is 0 Å². The summed E-state index contributed by atoms with van der Waals surface area (Å²) >= 11 is 3.35. The molecule has 1 atom stereocenters. The molecule has 1 heterocycles. The average Bonchev–Trinajstić information content (AvgIpc) is 2.46. The van der Waals surface area contributed by atoms with Crippen LogP contribution in [0.1, 0.15) is 30.1 Å². The van der Waals surface area contributed by atoms with Crippen LogP contribution in [0.4, 0.5) is 0 Å². The molecule has 1 aromatic rings. The number of hydrogen-bond donors (Lipinski definition) is 1. The molecule has 1 aromatic carbocycles. The Hall–Kier alpha value is -1.20. The van der Waals surface area contributed by atoms with E-state index in [9.17, 15) is 9.59 Å². The zero-order valence-corrected chi connectivity index (χ0v) is 13.0. The molecule has 1 saturated heterocycles. The summed E-state index contributed by atoms with van der Waals surface area (Å²) in [5.74, 6) is -0.899.